The molecule has 0 radical (unpaired) electrons. The molecule has 0 unspecified atom stereocenters. The topological polar surface area (TPSA) is 164 Å². The maximum Gasteiger partial charge on any atom is 0.524 e. The molecule has 0 aliphatic carbocycles. The van der Waals surface area contributed by atoms with E-state index in [1.165, 1.54) is 12.1 Å². The minimum absolute atomic E-state index is 0.0664. The highest BCUT2D eigenvalue weighted by atomic mass is 31.2. The molecule has 1 aromatic carbocycles. The number of urea groups is 1. The van der Waals surface area contributed by atoms with E-state index < -0.39 is 7.82 Å². The molecule has 0 fully saturated rings. The lowest BCUT2D eigenvalue weighted by Crippen LogP contribution is -2.28. The molecule has 0 bridgehead atoms. The summed E-state index contributed by atoms with van der Waals surface area (Å²) in [5.74, 6) is 0.421. The quantitative estimate of drug-likeness (QED) is 0.298. The Kier molecular flexibility index (Phi) is 6.31. The number of aromatic nitrogens is 5. The fourth-order valence-corrected chi connectivity index (χ4v) is 3.42. The molecule has 0 saturated carbocycles. The summed E-state index contributed by atoms with van der Waals surface area (Å²) in [6.45, 7) is 2.66. The summed E-state index contributed by atoms with van der Waals surface area (Å²) >= 11 is 0. The van der Waals surface area contributed by atoms with Crippen LogP contribution < -0.4 is 15.2 Å². The van der Waals surface area contributed by atoms with E-state index in [1.807, 2.05) is 6.92 Å². The van der Waals surface area contributed by atoms with Gasteiger partial charge in [-0.05, 0) is 36.8 Å². The fraction of sp³-hybridized carbons (Fsp3) is 0.150. The number of hydrogen-bond donors (Lipinski definition) is 4. The van der Waals surface area contributed by atoms with Crippen molar-refractivity contribution in [3.8, 4) is 17.0 Å². The second kappa shape index (κ2) is 9.33. The number of benzene rings is 1. The highest BCUT2D eigenvalue weighted by Crippen LogP contribution is 2.37. The van der Waals surface area contributed by atoms with E-state index in [-0.39, 0.29) is 11.8 Å². The van der Waals surface area contributed by atoms with Gasteiger partial charge in [0.1, 0.15) is 17.1 Å². The molecule has 4 N–H and O–H groups in total. The second-order valence-corrected chi connectivity index (χ2v) is 8.10. The number of nitrogens with one attached hydrogen (secondary N) is 2. The summed E-state index contributed by atoms with van der Waals surface area (Å²) in [4.78, 5) is 42.9. The first-order chi connectivity index (χ1) is 15.8. The molecule has 2 amide bonds. The van der Waals surface area contributed by atoms with Gasteiger partial charge in [-0.2, -0.15) is 5.10 Å². The minimum Gasteiger partial charge on any atom is -0.404 e. The van der Waals surface area contributed by atoms with Crippen molar-refractivity contribution in [3.63, 3.8) is 0 Å². The van der Waals surface area contributed by atoms with Crippen LogP contribution in [0.5, 0.6) is 5.75 Å². The predicted octanol–water partition coefficient (Wildman–Crippen LogP) is 2.55. The van der Waals surface area contributed by atoms with Crippen LogP contribution in [0.25, 0.3) is 22.4 Å². The fourth-order valence-electron chi connectivity index (χ4n) is 3.03. The maximum atomic E-state index is 11.7. The number of carbonyl (C=O) groups is 1. The minimum atomic E-state index is -4.63. The number of nitrogens with zero attached hydrogens (tertiary/aromatic N) is 5. The number of amides is 2. The Balaban J connectivity index is 1.53. The summed E-state index contributed by atoms with van der Waals surface area (Å²) < 4.78 is 17.3. The molecule has 0 saturated heterocycles. The van der Waals surface area contributed by atoms with Crippen LogP contribution in [-0.4, -0.2) is 47.1 Å². The summed E-state index contributed by atoms with van der Waals surface area (Å²) in [5, 5.41) is 9.59. The summed E-state index contributed by atoms with van der Waals surface area (Å²) in [7, 11) is -4.63. The Morgan fingerprint density at radius 2 is 2.03 bits per heavy atom. The van der Waals surface area contributed by atoms with E-state index in [4.69, 9.17) is 9.79 Å². The molecule has 0 spiro atoms. The zero-order valence-corrected chi connectivity index (χ0v) is 18.3. The molecule has 3 heterocycles. The van der Waals surface area contributed by atoms with Gasteiger partial charge in [-0.3, -0.25) is 24.8 Å². The molecule has 12 nitrogen and oxygen atoms in total. The van der Waals surface area contributed by atoms with E-state index in [0.717, 1.165) is 5.56 Å². The van der Waals surface area contributed by atoms with Gasteiger partial charge < -0.3 is 9.84 Å². The first-order valence-electron chi connectivity index (χ1n) is 9.84. The number of carbonyl (C=O) groups excluding carboxylic acids is 1. The second-order valence-electron chi connectivity index (χ2n) is 6.93. The molecule has 0 atom stereocenters. The molecule has 0 aliphatic rings. The zero-order valence-electron chi connectivity index (χ0n) is 17.4. The number of pyridine rings is 1. The normalized spacial score (nSPS) is 11.4. The van der Waals surface area contributed by atoms with E-state index >= 15 is 0 Å². The van der Waals surface area contributed by atoms with Gasteiger partial charge in [0.25, 0.3) is 0 Å². The van der Waals surface area contributed by atoms with Gasteiger partial charge in [0.15, 0.2) is 5.65 Å². The Morgan fingerprint density at radius 3 is 2.82 bits per heavy atom. The average molecular weight is 469 g/mol. The molecular formula is C20H20N7O5P. The van der Waals surface area contributed by atoms with E-state index in [2.05, 4.69) is 35.2 Å². The highest BCUT2D eigenvalue weighted by molar-refractivity contribution is 7.46. The SMILES string of the molecule is CCNC(=O)Nc1ccc2ncc(-c3cnn(Cc4cccc(OP(=O)(O)O)c4)c3)nc2n1. The monoisotopic (exact) mass is 469 g/mol. The summed E-state index contributed by atoms with van der Waals surface area (Å²) in [6.07, 6.45) is 5.00. The van der Waals surface area contributed by atoms with Gasteiger partial charge >= 0.3 is 13.9 Å². The van der Waals surface area contributed by atoms with Crippen LogP contribution in [-0.2, 0) is 11.1 Å². The number of hydrogen-bond acceptors (Lipinski definition) is 7. The van der Waals surface area contributed by atoms with E-state index in [1.54, 1.807) is 47.5 Å². The number of rotatable bonds is 7. The van der Waals surface area contributed by atoms with Crippen molar-refractivity contribution in [1.82, 2.24) is 30.0 Å². The largest absolute Gasteiger partial charge is 0.524 e. The number of anilines is 1. The number of fused-ring (bicyclic) bond motifs is 1. The van der Waals surface area contributed by atoms with Gasteiger partial charge in [-0.1, -0.05) is 12.1 Å². The average Bonchev–Trinajstić information content (AvgIpc) is 3.21. The Morgan fingerprint density at radius 1 is 1.18 bits per heavy atom. The lowest BCUT2D eigenvalue weighted by Gasteiger charge is -2.08. The van der Waals surface area contributed by atoms with Crippen LogP contribution >= 0.6 is 7.82 Å². The third kappa shape index (κ3) is 5.89. The van der Waals surface area contributed by atoms with Crippen molar-refractivity contribution in [3.05, 3.63) is 60.6 Å². The van der Waals surface area contributed by atoms with Crippen LogP contribution in [0.4, 0.5) is 10.6 Å². The third-order valence-electron chi connectivity index (χ3n) is 4.38. The third-order valence-corrected chi connectivity index (χ3v) is 4.83. The van der Waals surface area contributed by atoms with Gasteiger partial charge in [-0.25, -0.2) is 19.3 Å². The van der Waals surface area contributed by atoms with Crippen LogP contribution in [0, 0.1) is 0 Å². The molecule has 13 heteroatoms. The first kappa shape index (κ1) is 22.3. The van der Waals surface area contributed by atoms with Crippen LogP contribution in [0.3, 0.4) is 0 Å². The van der Waals surface area contributed by atoms with Gasteiger partial charge in [0.05, 0.1) is 24.6 Å². The predicted molar refractivity (Wildman–Crippen MR) is 119 cm³/mol. The lowest BCUT2D eigenvalue weighted by atomic mass is 10.2. The molecule has 0 aliphatic heterocycles. The molecule has 3 aromatic heterocycles. The maximum absolute atomic E-state index is 11.7. The van der Waals surface area contributed by atoms with Crippen molar-refractivity contribution in [2.75, 3.05) is 11.9 Å². The van der Waals surface area contributed by atoms with Crippen molar-refractivity contribution >= 4 is 30.8 Å². The standard InChI is InChI=1S/C20H20N7O5P/c1-2-21-20(28)26-18-7-6-16-19(25-18)24-17(10-22-16)14-9-23-27(12-14)11-13-4-3-5-15(8-13)32-33(29,30)31/h3-10,12H,2,11H2,1H3,(H2,29,30,31)(H2,21,24,25,26,28). The Labute approximate surface area is 187 Å². The molecule has 4 aromatic rings. The number of phosphoric acid groups is 1. The van der Waals surface area contributed by atoms with Crippen molar-refractivity contribution in [2.24, 2.45) is 0 Å². The molecule has 4 rings (SSSR count). The Bertz CT molecular complexity index is 1350. The number of phosphoric ester groups is 1. The van der Waals surface area contributed by atoms with Crippen LogP contribution in [0.2, 0.25) is 0 Å². The van der Waals surface area contributed by atoms with Gasteiger partial charge in [0.2, 0.25) is 0 Å². The first-order valence-corrected chi connectivity index (χ1v) is 11.4. The van der Waals surface area contributed by atoms with Gasteiger partial charge in [0, 0.05) is 18.3 Å². The molecular weight excluding hydrogens is 449 g/mol. The van der Waals surface area contributed by atoms with E-state index in [9.17, 15) is 9.36 Å². The van der Waals surface area contributed by atoms with Crippen molar-refractivity contribution in [2.45, 2.75) is 13.5 Å². The van der Waals surface area contributed by atoms with Gasteiger partial charge in [-0.15, -0.1) is 0 Å². The molecule has 170 valence electrons. The van der Waals surface area contributed by atoms with Crippen molar-refractivity contribution in [1.29, 1.82) is 0 Å². The van der Waals surface area contributed by atoms with Crippen molar-refractivity contribution < 1.29 is 23.7 Å². The van der Waals surface area contributed by atoms with E-state index in [0.29, 0.717) is 41.3 Å². The lowest BCUT2D eigenvalue weighted by molar-refractivity contribution is 0.252. The molecule has 33 heavy (non-hydrogen) atoms. The van der Waals surface area contributed by atoms with Crippen LogP contribution in [0.1, 0.15) is 12.5 Å². The Hall–Kier alpha value is -3.86. The smallest absolute Gasteiger partial charge is 0.404 e. The summed E-state index contributed by atoms with van der Waals surface area (Å²) in [6, 6.07) is 9.43. The highest BCUT2D eigenvalue weighted by Gasteiger charge is 2.16. The zero-order chi connectivity index (χ0) is 23.4. The summed E-state index contributed by atoms with van der Waals surface area (Å²) in [5.41, 5.74) is 2.94. The van der Waals surface area contributed by atoms with Crippen LogP contribution in [0.15, 0.2) is 55.0 Å².